The average molecular weight is 262 g/mol. The van der Waals surface area contributed by atoms with Gasteiger partial charge in [0.2, 0.25) is 0 Å². The Bertz CT molecular complexity index is 412. The molecule has 5 nitrogen and oxygen atoms in total. The second kappa shape index (κ2) is 6.52. The van der Waals surface area contributed by atoms with E-state index in [9.17, 15) is 4.79 Å². The summed E-state index contributed by atoms with van der Waals surface area (Å²) in [6.07, 6.45) is 4.12. The summed E-state index contributed by atoms with van der Waals surface area (Å²) < 4.78 is 0. The van der Waals surface area contributed by atoms with E-state index in [0.29, 0.717) is 12.1 Å². The molecule has 1 amide bonds. The number of rotatable bonds is 5. The number of hydrogen-bond donors (Lipinski definition) is 2. The van der Waals surface area contributed by atoms with Crippen molar-refractivity contribution in [1.82, 2.24) is 15.6 Å². The number of pyridine rings is 1. The van der Waals surface area contributed by atoms with Crippen molar-refractivity contribution in [2.24, 2.45) is 0 Å². The van der Waals surface area contributed by atoms with Crippen molar-refractivity contribution in [3.63, 3.8) is 0 Å². The van der Waals surface area contributed by atoms with Crippen LogP contribution in [0.5, 0.6) is 0 Å². The highest BCUT2D eigenvalue weighted by molar-refractivity contribution is 5.94. The number of likely N-dealkylation sites (N-methyl/N-ethyl adjacent to an activating group) is 1. The van der Waals surface area contributed by atoms with E-state index >= 15 is 0 Å². The Labute approximate surface area is 114 Å². The van der Waals surface area contributed by atoms with Crippen molar-refractivity contribution in [3.05, 3.63) is 23.9 Å². The maximum atomic E-state index is 11.9. The summed E-state index contributed by atoms with van der Waals surface area (Å²) in [5.41, 5.74) is 0.617. The molecule has 0 bridgehead atoms. The largest absolute Gasteiger partial charge is 0.357 e. The fraction of sp³-hybridized carbons (Fsp3) is 0.571. The molecule has 104 valence electrons. The lowest BCUT2D eigenvalue weighted by molar-refractivity contribution is 0.0950. The van der Waals surface area contributed by atoms with Crippen LogP contribution in [0.1, 0.15) is 30.1 Å². The monoisotopic (exact) mass is 262 g/mol. The number of amides is 1. The van der Waals surface area contributed by atoms with E-state index in [1.54, 1.807) is 6.20 Å². The maximum Gasteiger partial charge on any atom is 0.252 e. The first-order chi connectivity index (χ1) is 9.20. The third kappa shape index (κ3) is 3.67. The zero-order chi connectivity index (χ0) is 13.7. The number of aromatic nitrogens is 1. The summed E-state index contributed by atoms with van der Waals surface area (Å²) in [4.78, 5) is 18.5. The summed E-state index contributed by atoms with van der Waals surface area (Å²) in [6.45, 7) is 4.77. The minimum absolute atomic E-state index is 0.0671. The van der Waals surface area contributed by atoms with Crippen LogP contribution < -0.4 is 15.5 Å². The fourth-order valence-electron chi connectivity index (χ4n) is 2.10. The molecule has 1 fully saturated rings. The molecule has 2 heterocycles. The quantitative estimate of drug-likeness (QED) is 0.832. The zero-order valence-corrected chi connectivity index (χ0v) is 11.6. The first-order valence-electron chi connectivity index (χ1n) is 6.87. The van der Waals surface area contributed by atoms with E-state index in [-0.39, 0.29) is 11.9 Å². The van der Waals surface area contributed by atoms with Gasteiger partial charge in [0, 0.05) is 31.9 Å². The molecular formula is C14H22N4O. The summed E-state index contributed by atoms with van der Waals surface area (Å²) in [6, 6.07) is 4.04. The van der Waals surface area contributed by atoms with E-state index in [1.165, 1.54) is 12.8 Å². The molecule has 0 aliphatic carbocycles. The fourth-order valence-corrected chi connectivity index (χ4v) is 2.10. The molecular weight excluding hydrogens is 240 g/mol. The highest BCUT2D eigenvalue weighted by atomic mass is 16.1. The molecule has 1 aliphatic heterocycles. The van der Waals surface area contributed by atoms with E-state index in [4.69, 9.17) is 0 Å². The molecule has 2 N–H and O–H groups in total. The molecule has 1 saturated heterocycles. The average Bonchev–Trinajstić information content (AvgIpc) is 2.98. The number of anilines is 1. The Hall–Kier alpha value is -1.62. The molecule has 1 aliphatic rings. The maximum absolute atomic E-state index is 11.9. The van der Waals surface area contributed by atoms with Gasteiger partial charge < -0.3 is 15.5 Å². The summed E-state index contributed by atoms with van der Waals surface area (Å²) >= 11 is 0. The van der Waals surface area contributed by atoms with Crippen LogP contribution in [0.4, 0.5) is 5.82 Å². The molecule has 1 aromatic heterocycles. The van der Waals surface area contributed by atoms with Crippen molar-refractivity contribution >= 4 is 11.7 Å². The van der Waals surface area contributed by atoms with Gasteiger partial charge in [-0.3, -0.25) is 4.79 Å². The van der Waals surface area contributed by atoms with Gasteiger partial charge in [-0.2, -0.15) is 0 Å². The van der Waals surface area contributed by atoms with Crippen molar-refractivity contribution in [2.45, 2.75) is 25.8 Å². The van der Waals surface area contributed by atoms with Gasteiger partial charge in [0.05, 0.1) is 5.56 Å². The van der Waals surface area contributed by atoms with Gasteiger partial charge in [-0.25, -0.2) is 4.98 Å². The predicted octanol–water partition coefficient (Wildman–Crippen LogP) is 1.02. The molecule has 1 aromatic rings. The molecule has 1 unspecified atom stereocenters. The van der Waals surface area contributed by atoms with Crippen LogP contribution in [-0.4, -0.2) is 43.6 Å². The molecule has 0 saturated carbocycles. The number of nitrogens with zero attached hydrogens (tertiary/aromatic N) is 2. The van der Waals surface area contributed by atoms with Gasteiger partial charge in [-0.05, 0) is 38.9 Å². The van der Waals surface area contributed by atoms with Crippen LogP contribution in [0, 0.1) is 0 Å². The molecule has 2 rings (SSSR count). The van der Waals surface area contributed by atoms with Gasteiger partial charge in [-0.15, -0.1) is 0 Å². The highest BCUT2D eigenvalue weighted by Crippen LogP contribution is 2.17. The topological polar surface area (TPSA) is 57.3 Å². The molecule has 1 atom stereocenters. The standard InChI is InChI=1S/C14H22N4O/c1-11(15-2)9-17-14(19)12-5-6-13(16-10-12)18-7-3-4-8-18/h5-6,10-11,15H,3-4,7-9H2,1-2H3,(H,17,19). The number of nitrogens with one attached hydrogen (secondary N) is 2. The first-order valence-corrected chi connectivity index (χ1v) is 6.87. The molecule has 0 spiro atoms. The van der Waals surface area contributed by atoms with Gasteiger partial charge in [0.1, 0.15) is 5.82 Å². The second-order valence-electron chi connectivity index (χ2n) is 5.00. The van der Waals surface area contributed by atoms with Crippen LogP contribution in [0.2, 0.25) is 0 Å². The number of carbonyl (C=O) groups is 1. The number of hydrogen-bond acceptors (Lipinski definition) is 4. The van der Waals surface area contributed by atoms with Crippen molar-refractivity contribution in [1.29, 1.82) is 0 Å². The minimum atomic E-state index is -0.0671. The Kier molecular flexibility index (Phi) is 4.74. The molecule has 0 radical (unpaired) electrons. The SMILES string of the molecule is CNC(C)CNC(=O)c1ccc(N2CCCC2)nc1. The third-order valence-electron chi connectivity index (χ3n) is 3.50. The van der Waals surface area contributed by atoms with E-state index in [0.717, 1.165) is 18.9 Å². The van der Waals surface area contributed by atoms with Crippen LogP contribution in [0.3, 0.4) is 0 Å². The lowest BCUT2D eigenvalue weighted by atomic mass is 10.2. The third-order valence-corrected chi connectivity index (χ3v) is 3.50. The lowest BCUT2D eigenvalue weighted by Gasteiger charge is -2.16. The van der Waals surface area contributed by atoms with Gasteiger partial charge in [0.15, 0.2) is 0 Å². The molecule has 19 heavy (non-hydrogen) atoms. The summed E-state index contributed by atoms with van der Waals surface area (Å²) in [5, 5.41) is 5.96. The van der Waals surface area contributed by atoms with Gasteiger partial charge in [0.25, 0.3) is 5.91 Å². The number of carbonyl (C=O) groups excluding carboxylic acids is 1. The predicted molar refractivity (Wildman–Crippen MR) is 76.5 cm³/mol. The normalized spacial score (nSPS) is 16.4. The van der Waals surface area contributed by atoms with Crippen LogP contribution in [0.15, 0.2) is 18.3 Å². The summed E-state index contributed by atoms with van der Waals surface area (Å²) in [5.74, 6) is 0.903. The van der Waals surface area contributed by atoms with Crippen molar-refractivity contribution < 1.29 is 4.79 Å². The Morgan fingerprint density at radius 2 is 2.16 bits per heavy atom. The Morgan fingerprint density at radius 1 is 1.42 bits per heavy atom. The highest BCUT2D eigenvalue weighted by Gasteiger charge is 2.14. The van der Waals surface area contributed by atoms with Crippen molar-refractivity contribution in [3.8, 4) is 0 Å². The molecule has 5 heteroatoms. The van der Waals surface area contributed by atoms with E-state index in [2.05, 4.69) is 20.5 Å². The van der Waals surface area contributed by atoms with E-state index < -0.39 is 0 Å². The lowest BCUT2D eigenvalue weighted by Crippen LogP contribution is -2.37. The Morgan fingerprint density at radius 3 is 2.74 bits per heavy atom. The van der Waals surface area contributed by atoms with Crippen LogP contribution >= 0.6 is 0 Å². The minimum Gasteiger partial charge on any atom is -0.357 e. The van der Waals surface area contributed by atoms with Crippen molar-refractivity contribution in [2.75, 3.05) is 31.6 Å². The van der Waals surface area contributed by atoms with Crippen LogP contribution in [-0.2, 0) is 0 Å². The Balaban J connectivity index is 1.92. The van der Waals surface area contributed by atoms with Gasteiger partial charge >= 0.3 is 0 Å². The summed E-state index contributed by atoms with van der Waals surface area (Å²) in [7, 11) is 1.88. The second-order valence-corrected chi connectivity index (χ2v) is 5.00. The molecule has 0 aromatic carbocycles. The smallest absolute Gasteiger partial charge is 0.252 e. The van der Waals surface area contributed by atoms with Gasteiger partial charge in [-0.1, -0.05) is 0 Å². The first kappa shape index (κ1) is 13.8. The van der Waals surface area contributed by atoms with E-state index in [1.807, 2.05) is 26.1 Å². The van der Waals surface area contributed by atoms with Crippen LogP contribution in [0.25, 0.3) is 0 Å². The zero-order valence-electron chi connectivity index (χ0n) is 11.6.